The highest BCUT2D eigenvalue weighted by molar-refractivity contribution is 5.56. The Bertz CT molecular complexity index is 300. The molecule has 0 bridgehead atoms. The van der Waals surface area contributed by atoms with E-state index in [-0.39, 0.29) is 5.54 Å². The maximum absolute atomic E-state index is 6.01. The molecule has 1 aliphatic heterocycles. The van der Waals surface area contributed by atoms with E-state index in [1.807, 2.05) is 0 Å². The molecule has 0 saturated carbocycles. The summed E-state index contributed by atoms with van der Waals surface area (Å²) in [7, 11) is 0. The van der Waals surface area contributed by atoms with Crippen molar-refractivity contribution < 1.29 is 0 Å². The molecule has 2 heteroatoms. The van der Waals surface area contributed by atoms with E-state index in [9.17, 15) is 0 Å². The largest absolute Gasteiger partial charge is 0.382 e. The number of benzene rings is 1. The van der Waals surface area contributed by atoms with Gasteiger partial charge in [-0.2, -0.15) is 0 Å². The van der Waals surface area contributed by atoms with Crippen molar-refractivity contribution in [2.45, 2.75) is 38.3 Å². The minimum absolute atomic E-state index is 0.0836. The Morgan fingerprint density at radius 1 is 1.43 bits per heavy atom. The molecule has 0 amide bonds. The lowest BCUT2D eigenvalue weighted by Crippen LogP contribution is -2.38. The monoisotopic (exact) mass is 190 g/mol. The van der Waals surface area contributed by atoms with Crippen molar-refractivity contribution in [2.75, 3.05) is 5.32 Å². The van der Waals surface area contributed by atoms with Crippen molar-refractivity contribution in [3.63, 3.8) is 0 Å². The smallest absolute Gasteiger partial charge is 0.0375 e. The summed E-state index contributed by atoms with van der Waals surface area (Å²) in [6, 6.07) is 9.00. The third kappa shape index (κ3) is 2.07. The van der Waals surface area contributed by atoms with Gasteiger partial charge in [0, 0.05) is 17.3 Å². The van der Waals surface area contributed by atoms with Gasteiger partial charge >= 0.3 is 0 Å². The number of anilines is 1. The van der Waals surface area contributed by atoms with Crippen molar-refractivity contribution in [2.24, 2.45) is 5.73 Å². The second kappa shape index (κ2) is 3.28. The van der Waals surface area contributed by atoms with Gasteiger partial charge in [-0.1, -0.05) is 18.2 Å². The molecule has 0 fully saturated rings. The van der Waals surface area contributed by atoms with Crippen LogP contribution in [0.25, 0.3) is 0 Å². The molecule has 76 valence electrons. The predicted molar refractivity (Wildman–Crippen MR) is 60.4 cm³/mol. The summed E-state index contributed by atoms with van der Waals surface area (Å²) in [4.78, 5) is 0. The van der Waals surface area contributed by atoms with Crippen LogP contribution in [0.15, 0.2) is 24.3 Å². The molecule has 1 unspecified atom stereocenters. The van der Waals surface area contributed by atoms with E-state index in [0.717, 1.165) is 12.8 Å². The molecule has 1 aliphatic rings. The van der Waals surface area contributed by atoms with Crippen LogP contribution in [0.4, 0.5) is 5.69 Å². The first-order valence-corrected chi connectivity index (χ1v) is 5.18. The Labute approximate surface area is 85.5 Å². The van der Waals surface area contributed by atoms with E-state index in [1.165, 1.54) is 11.3 Å². The molecule has 0 saturated heterocycles. The minimum atomic E-state index is -0.0836. The van der Waals surface area contributed by atoms with Crippen LogP contribution >= 0.6 is 0 Å². The van der Waals surface area contributed by atoms with Crippen molar-refractivity contribution in [3.8, 4) is 0 Å². The molecule has 0 aromatic heterocycles. The standard InChI is InChI=1S/C12H18N2/c1-12(2,13)8-10-7-9-5-3-4-6-11(9)14-10/h3-6,10,14H,7-8,13H2,1-2H3. The topological polar surface area (TPSA) is 38.0 Å². The zero-order valence-corrected chi connectivity index (χ0v) is 8.88. The molecule has 1 aromatic carbocycles. The van der Waals surface area contributed by atoms with Crippen LogP contribution in [0.5, 0.6) is 0 Å². The number of nitrogens with one attached hydrogen (secondary N) is 1. The highest BCUT2D eigenvalue weighted by atomic mass is 15.0. The number of hydrogen-bond donors (Lipinski definition) is 2. The second-order valence-electron chi connectivity index (χ2n) is 4.90. The first-order chi connectivity index (χ1) is 6.54. The average molecular weight is 190 g/mol. The molecule has 0 radical (unpaired) electrons. The fourth-order valence-corrected chi connectivity index (χ4v) is 2.13. The van der Waals surface area contributed by atoms with E-state index >= 15 is 0 Å². The normalized spacial score (nSPS) is 20.4. The predicted octanol–water partition coefficient (Wildman–Crippen LogP) is 2.15. The highest BCUT2D eigenvalue weighted by Gasteiger charge is 2.24. The summed E-state index contributed by atoms with van der Waals surface area (Å²) in [6.45, 7) is 4.16. The lowest BCUT2D eigenvalue weighted by molar-refractivity contribution is 0.441. The maximum Gasteiger partial charge on any atom is 0.0375 e. The Balaban J connectivity index is 2.05. The molecule has 2 rings (SSSR count). The van der Waals surface area contributed by atoms with Crippen LogP contribution in [0.3, 0.4) is 0 Å². The van der Waals surface area contributed by atoms with E-state index in [2.05, 4.69) is 43.4 Å². The van der Waals surface area contributed by atoms with Gasteiger partial charge in [0.25, 0.3) is 0 Å². The lowest BCUT2D eigenvalue weighted by Gasteiger charge is -2.23. The van der Waals surface area contributed by atoms with Gasteiger partial charge in [0.05, 0.1) is 0 Å². The van der Waals surface area contributed by atoms with Crippen LogP contribution in [0.1, 0.15) is 25.8 Å². The Hall–Kier alpha value is -1.02. The molecule has 0 spiro atoms. The molecule has 1 atom stereocenters. The van der Waals surface area contributed by atoms with Crippen LogP contribution in [0, 0.1) is 0 Å². The summed E-state index contributed by atoms with van der Waals surface area (Å²) >= 11 is 0. The Morgan fingerprint density at radius 3 is 2.79 bits per heavy atom. The molecule has 2 nitrogen and oxygen atoms in total. The van der Waals surface area contributed by atoms with Gasteiger partial charge in [0.1, 0.15) is 0 Å². The first kappa shape index (κ1) is 9.53. The van der Waals surface area contributed by atoms with Gasteiger partial charge in [-0.25, -0.2) is 0 Å². The van der Waals surface area contributed by atoms with Crippen molar-refractivity contribution in [3.05, 3.63) is 29.8 Å². The average Bonchev–Trinajstić information content (AvgIpc) is 2.42. The Kier molecular flexibility index (Phi) is 2.23. The van der Waals surface area contributed by atoms with Gasteiger partial charge in [-0.15, -0.1) is 0 Å². The zero-order chi connectivity index (χ0) is 10.2. The Morgan fingerprint density at radius 2 is 2.14 bits per heavy atom. The summed E-state index contributed by atoms with van der Waals surface area (Å²) in [6.07, 6.45) is 2.12. The number of para-hydroxylation sites is 1. The van der Waals surface area contributed by atoms with Gasteiger partial charge in [-0.3, -0.25) is 0 Å². The molecule has 0 aliphatic carbocycles. The quantitative estimate of drug-likeness (QED) is 0.750. The van der Waals surface area contributed by atoms with Gasteiger partial charge in [-0.05, 0) is 38.3 Å². The van der Waals surface area contributed by atoms with Crippen molar-refractivity contribution in [1.82, 2.24) is 0 Å². The fraction of sp³-hybridized carbons (Fsp3) is 0.500. The third-order valence-electron chi connectivity index (χ3n) is 2.62. The second-order valence-corrected chi connectivity index (χ2v) is 4.90. The van der Waals surface area contributed by atoms with E-state index in [4.69, 9.17) is 5.73 Å². The molecular weight excluding hydrogens is 172 g/mol. The number of hydrogen-bond acceptors (Lipinski definition) is 2. The van der Waals surface area contributed by atoms with E-state index < -0.39 is 0 Å². The summed E-state index contributed by atoms with van der Waals surface area (Å²) in [5, 5.41) is 3.51. The van der Waals surface area contributed by atoms with Crippen molar-refractivity contribution in [1.29, 1.82) is 0 Å². The summed E-state index contributed by atoms with van der Waals surface area (Å²) in [5.41, 5.74) is 8.62. The van der Waals surface area contributed by atoms with Crippen LogP contribution in [-0.4, -0.2) is 11.6 Å². The molecule has 3 N–H and O–H groups in total. The minimum Gasteiger partial charge on any atom is -0.382 e. The molecule has 14 heavy (non-hydrogen) atoms. The van der Waals surface area contributed by atoms with Crippen LogP contribution in [0.2, 0.25) is 0 Å². The highest BCUT2D eigenvalue weighted by Crippen LogP contribution is 2.28. The third-order valence-corrected chi connectivity index (χ3v) is 2.62. The van der Waals surface area contributed by atoms with Gasteiger partial charge in [0.2, 0.25) is 0 Å². The van der Waals surface area contributed by atoms with Gasteiger partial charge < -0.3 is 11.1 Å². The summed E-state index contributed by atoms with van der Waals surface area (Å²) in [5.74, 6) is 0. The maximum atomic E-state index is 6.01. The number of fused-ring (bicyclic) bond motifs is 1. The van der Waals surface area contributed by atoms with Crippen LogP contribution < -0.4 is 11.1 Å². The SMILES string of the molecule is CC(C)(N)CC1Cc2ccccc2N1. The fourth-order valence-electron chi connectivity index (χ4n) is 2.13. The van der Waals surface area contributed by atoms with Crippen LogP contribution in [-0.2, 0) is 6.42 Å². The molecular formula is C12H18N2. The first-order valence-electron chi connectivity index (χ1n) is 5.18. The molecule has 1 heterocycles. The molecule has 1 aromatic rings. The van der Waals surface area contributed by atoms with E-state index in [1.54, 1.807) is 0 Å². The lowest BCUT2D eigenvalue weighted by atomic mass is 9.95. The zero-order valence-electron chi connectivity index (χ0n) is 8.88. The summed E-state index contributed by atoms with van der Waals surface area (Å²) < 4.78 is 0. The number of nitrogens with two attached hydrogens (primary N) is 1. The number of rotatable bonds is 2. The van der Waals surface area contributed by atoms with Crippen molar-refractivity contribution >= 4 is 5.69 Å². The van der Waals surface area contributed by atoms with Gasteiger partial charge in [0.15, 0.2) is 0 Å². The van der Waals surface area contributed by atoms with E-state index in [0.29, 0.717) is 6.04 Å².